The summed E-state index contributed by atoms with van der Waals surface area (Å²) in [5.41, 5.74) is -1.45. The second-order valence-corrected chi connectivity index (χ2v) is 7.94. The van der Waals surface area contributed by atoms with Crippen molar-refractivity contribution in [3.63, 3.8) is 0 Å². The third-order valence-corrected chi connectivity index (χ3v) is 4.72. The molecule has 0 N–H and O–H groups in total. The second kappa shape index (κ2) is 8.59. The normalized spacial score (nSPS) is 22.1. The summed E-state index contributed by atoms with van der Waals surface area (Å²) in [5.74, 6) is -1.48. The van der Waals surface area contributed by atoms with Crippen LogP contribution in [0.1, 0.15) is 46.1 Å². The molecule has 6 heteroatoms. The van der Waals surface area contributed by atoms with Gasteiger partial charge in [-0.05, 0) is 39.7 Å². The maximum absolute atomic E-state index is 13.2. The first kappa shape index (κ1) is 21.7. The SMILES string of the molecule is C=CC[C@@H]1CC(=O)N(C(=O)OC(C)(C)C)[C@]1(Cc1ccccc1)C(=O)OCC. The smallest absolute Gasteiger partial charge is 0.418 e. The van der Waals surface area contributed by atoms with E-state index in [1.807, 2.05) is 30.3 Å². The van der Waals surface area contributed by atoms with Gasteiger partial charge in [0.15, 0.2) is 5.54 Å². The average Bonchev–Trinajstić information content (AvgIpc) is 2.87. The predicted molar refractivity (Wildman–Crippen MR) is 106 cm³/mol. The number of hydrogen-bond acceptors (Lipinski definition) is 5. The number of amides is 2. The Morgan fingerprint density at radius 3 is 2.46 bits per heavy atom. The quantitative estimate of drug-likeness (QED) is 0.547. The first-order valence-corrected chi connectivity index (χ1v) is 9.53. The van der Waals surface area contributed by atoms with Gasteiger partial charge in [0.1, 0.15) is 5.60 Å². The van der Waals surface area contributed by atoms with E-state index in [1.54, 1.807) is 33.8 Å². The minimum absolute atomic E-state index is 0.0525. The Kier molecular flexibility index (Phi) is 6.65. The van der Waals surface area contributed by atoms with E-state index in [-0.39, 0.29) is 19.4 Å². The molecule has 1 fully saturated rings. The molecule has 6 nitrogen and oxygen atoms in total. The third kappa shape index (κ3) is 4.43. The Balaban J connectivity index is 2.60. The predicted octanol–water partition coefficient (Wildman–Crippen LogP) is 3.89. The van der Waals surface area contributed by atoms with Crippen molar-refractivity contribution < 1.29 is 23.9 Å². The van der Waals surface area contributed by atoms with Gasteiger partial charge in [-0.3, -0.25) is 4.79 Å². The van der Waals surface area contributed by atoms with Crippen molar-refractivity contribution in [1.29, 1.82) is 0 Å². The first-order valence-electron chi connectivity index (χ1n) is 9.53. The Morgan fingerprint density at radius 2 is 1.93 bits per heavy atom. The maximum atomic E-state index is 13.2. The van der Waals surface area contributed by atoms with Crippen molar-refractivity contribution in [2.24, 2.45) is 5.92 Å². The van der Waals surface area contributed by atoms with Crippen LogP contribution >= 0.6 is 0 Å². The van der Waals surface area contributed by atoms with Crippen LogP contribution in [0, 0.1) is 5.92 Å². The number of rotatable bonds is 6. The van der Waals surface area contributed by atoms with Gasteiger partial charge in [-0.1, -0.05) is 36.4 Å². The third-order valence-electron chi connectivity index (χ3n) is 4.72. The zero-order chi connectivity index (χ0) is 20.9. The highest BCUT2D eigenvalue weighted by Crippen LogP contribution is 2.43. The van der Waals surface area contributed by atoms with Gasteiger partial charge < -0.3 is 9.47 Å². The fraction of sp³-hybridized carbons (Fsp3) is 0.500. The van der Waals surface area contributed by atoms with Crippen molar-refractivity contribution in [2.45, 2.75) is 58.1 Å². The van der Waals surface area contributed by atoms with Gasteiger partial charge >= 0.3 is 12.1 Å². The van der Waals surface area contributed by atoms with Crippen LogP contribution in [0.25, 0.3) is 0 Å². The van der Waals surface area contributed by atoms with Crippen molar-refractivity contribution >= 4 is 18.0 Å². The number of esters is 1. The van der Waals surface area contributed by atoms with E-state index in [9.17, 15) is 14.4 Å². The highest BCUT2D eigenvalue weighted by molar-refractivity contribution is 6.02. The summed E-state index contributed by atoms with van der Waals surface area (Å²) in [6.45, 7) is 10.8. The fourth-order valence-corrected chi connectivity index (χ4v) is 3.64. The molecule has 0 bridgehead atoms. The topological polar surface area (TPSA) is 72.9 Å². The van der Waals surface area contributed by atoms with E-state index >= 15 is 0 Å². The van der Waals surface area contributed by atoms with Gasteiger partial charge in [0.05, 0.1) is 6.61 Å². The molecule has 152 valence electrons. The molecule has 28 heavy (non-hydrogen) atoms. The van der Waals surface area contributed by atoms with Gasteiger partial charge in [-0.15, -0.1) is 6.58 Å². The van der Waals surface area contributed by atoms with Crippen molar-refractivity contribution in [1.82, 2.24) is 4.90 Å². The number of carbonyl (C=O) groups excluding carboxylic acids is 3. The van der Waals surface area contributed by atoms with E-state index in [1.165, 1.54) is 0 Å². The van der Waals surface area contributed by atoms with Crippen LogP contribution in [-0.2, 0) is 25.5 Å². The van der Waals surface area contributed by atoms with Crippen LogP contribution in [0.4, 0.5) is 4.79 Å². The Bertz CT molecular complexity index is 737. The molecule has 0 aliphatic carbocycles. The molecule has 2 atom stereocenters. The molecule has 0 spiro atoms. The minimum Gasteiger partial charge on any atom is -0.464 e. The summed E-state index contributed by atoms with van der Waals surface area (Å²) >= 11 is 0. The summed E-state index contributed by atoms with van der Waals surface area (Å²) in [6, 6.07) is 9.30. The van der Waals surface area contributed by atoms with Gasteiger partial charge in [0.2, 0.25) is 5.91 Å². The Labute approximate surface area is 166 Å². The number of likely N-dealkylation sites (tertiary alicyclic amines) is 1. The summed E-state index contributed by atoms with van der Waals surface area (Å²) in [6.07, 6.45) is 1.45. The molecule has 0 radical (unpaired) electrons. The zero-order valence-corrected chi connectivity index (χ0v) is 17.1. The lowest BCUT2D eigenvalue weighted by molar-refractivity contribution is -0.161. The van der Waals surface area contributed by atoms with Crippen LogP contribution in [0.5, 0.6) is 0 Å². The molecule has 0 aromatic heterocycles. The molecule has 0 unspecified atom stereocenters. The summed E-state index contributed by atoms with van der Waals surface area (Å²) in [5, 5.41) is 0. The van der Waals surface area contributed by atoms with E-state index in [0.29, 0.717) is 6.42 Å². The molecular weight excluding hydrogens is 358 g/mol. The number of carbonyl (C=O) groups is 3. The van der Waals surface area contributed by atoms with E-state index in [0.717, 1.165) is 10.5 Å². The van der Waals surface area contributed by atoms with Crippen molar-refractivity contribution in [2.75, 3.05) is 6.61 Å². The number of hydrogen-bond donors (Lipinski definition) is 0. The lowest BCUT2D eigenvalue weighted by Gasteiger charge is -2.39. The van der Waals surface area contributed by atoms with E-state index in [2.05, 4.69) is 6.58 Å². The largest absolute Gasteiger partial charge is 0.464 e. The molecule has 1 aromatic rings. The molecule has 1 aliphatic heterocycles. The van der Waals surface area contributed by atoms with Crippen LogP contribution < -0.4 is 0 Å². The monoisotopic (exact) mass is 387 g/mol. The summed E-state index contributed by atoms with van der Waals surface area (Å²) in [4.78, 5) is 40.1. The van der Waals surface area contributed by atoms with Crippen LogP contribution in [0.15, 0.2) is 43.0 Å². The zero-order valence-electron chi connectivity index (χ0n) is 17.1. The number of imide groups is 1. The summed E-state index contributed by atoms with van der Waals surface area (Å²) < 4.78 is 10.8. The van der Waals surface area contributed by atoms with E-state index in [4.69, 9.17) is 9.47 Å². The highest BCUT2D eigenvalue weighted by atomic mass is 16.6. The molecule has 2 amide bonds. The second-order valence-electron chi connectivity index (χ2n) is 7.94. The molecule has 0 saturated carbocycles. The molecule has 1 heterocycles. The standard InChI is InChI=1S/C22H29NO5/c1-6-11-17-14-18(24)23(20(26)28-21(3,4)5)22(17,19(25)27-7-2)15-16-12-9-8-10-13-16/h6,8-10,12-13,17H,1,7,11,14-15H2,2-5H3/t17-,22+/m1/s1. The van der Waals surface area contributed by atoms with E-state index < -0.39 is 35.0 Å². The van der Waals surface area contributed by atoms with Gasteiger partial charge in [-0.25, -0.2) is 14.5 Å². The Hall–Kier alpha value is -2.63. The van der Waals surface area contributed by atoms with Crippen molar-refractivity contribution in [3.05, 3.63) is 48.6 Å². The van der Waals surface area contributed by atoms with Gasteiger partial charge in [0, 0.05) is 18.8 Å². The number of allylic oxidation sites excluding steroid dienone is 1. The molecule has 1 aromatic carbocycles. The van der Waals surface area contributed by atoms with Crippen molar-refractivity contribution in [3.8, 4) is 0 Å². The number of ether oxygens (including phenoxy) is 2. The summed E-state index contributed by atoms with van der Waals surface area (Å²) in [7, 11) is 0. The lowest BCUT2D eigenvalue weighted by atomic mass is 9.77. The van der Waals surface area contributed by atoms with Gasteiger partial charge in [-0.2, -0.15) is 0 Å². The fourth-order valence-electron chi connectivity index (χ4n) is 3.64. The highest BCUT2D eigenvalue weighted by Gasteiger charge is 2.61. The molecule has 1 saturated heterocycles. The average molecular weight is 387 g/mol. The van der Waals surface area contributed by atoms with Crippen LogP contribution in [-0.4, -0.2) is 40.6 Å². The number of nitrogens with zero attached hydrogens (tertiary/aromatic N) is 1. The maximum Gasteiger partial charge on any atom is 0.418 e. The lowest BCUT2D eigenvalue weighted by Crippen LogP contribution is -2.60. The Morgan fingerprint density at radius 1 is 1.29 bits per heavy atom. The molecule has 2 rings (SSSR count). The van der Waals surface area contributed by atoms with Crippen LogP contribution in [0.3, 0.4) is 0 Å². The van der Waals surface area contributed by atoms with Crippen LogP contribution in [0.2, 0.25) is 0 Å². The van der Waals surface area contributed by atoms with Gasteiger partial charge in [0.25, 0.3) is 0 Å². The minimum atomic E-state index is -1.47. The molecular formula is C22H29NO5. The number of benzene rings is 1. The molecule has 1 aliphatic rings. The first-order chi connectivity index (χ1) is 13.2.